The second-order valence-electron chi connectivity index (χ2n) is 2.18. The normalized spacial score (nSPS) is 9.31. The Morgan fingerprint density at radius 3 is 2.85 bits per heavy atom. The van der Waals surface area contributed by atoms with Gasteiger partial charge in [-0.3, -0.25) is 15.6 Å². The number of anilines is 1. The smallest absolute Gasteiger partial charge is 0.264 e. The summed E-state index contributed by atoms with van der Waals surface area (Å²) in [7, 11) is 1.44. The number of carbonyl (C=O) groups is 1. The molecule has 1 aromatic rings. The third-order valence-corrected chi connectivity index (χ3v) is 1.15. The Hall–Kier alpha value is -1.69. The SMILES string of the molecule is COCC(=O)NNc1ncccn1. The zero-order valence-corrected chi connectivity index (χ0v) is 7.15. The fourth-order valence-electron chi connectivity index (χ4n) is 0.656. The Balaban J connectivity index is 2.31. The van der Waals surface area contributed by atoms with Crippen LogP contribution in [0, 0.1) is 0 Å². The van der Waals surface area contributed by atoms with Crippen LogP contribution in [0.4, 0.5) is 5.95 Å². The molecule has 13 heavy (non-hydrogen) atoms. The first-order chi connectivity index (χ1) is 6.33. The van der Waals surface area contributed by atoms with Crippen molar-refractivity contribution in [2.75, 3.05) is 19.1 Å². The number of hydrazine groups is 1. The molecule has 0 saturated carbocycles. The molecule has 0 unspecified atom stereocenters. The van der Waals surface area contributed by atoms with Crippen LogP contribution in [0.1, 0.15) is 0 Å². The molecule has 1 amide bonds. The van der Waals surface area contributed by atoms with E-state index in [-0.39, 0.29) is 12.5 Å². The lowest BCUT2D eigenvalue weighted by molar-refractivity contribution is -0.124. The molecule has 0 saturated heterocycles. The fourth-order valence-corrected chi connectivity index (χ4v) is 0.656. The van der Waals surface area contributed by atoms with Gasteiger partial charge in [-0.2, -0.15) is 0 Å². The Bertz CT molecular complexity index is 264. The quantitative estimate of drug-likeness (QED) is 0.618. The van der Waals surface area contributed by atoms with Gasteiger partial charge in [-0.25, -0.2) is 9.97 Å². The summed E-state index contributed by atoms with van der Waals surface area (Å²) in [6.07, 6.45) is 3.13. The van der Waals surface area contributed by atoms with Crippen molar-refractivity contribution in [2.24, 2.45) is 0 Å². The Morgan fingerprint density at radius 2 is 2.23 bits per heavy atom. The zero-order chi connectivity index (χ0) is 9.52. The van der Waals surface area contributed by atoms with Crippen LogP contribution in [-0.2, 0) is 9.53 Å². The summed E-state index contributed by atoms with van der Waals surface area (Å²) in [5.74, 6) is 0.0573. The molecule has 0 aliphatic heterocycles. The molecule has 2 N–H and O–H groups in total. The lowest BCUT2D eigenvalue weighted by atomic mass is 10.7. The highest BCUT2D eigenvalue weighted by Gasteiger charge is 1.98. The molecule has 0 aliphatic carbocycles. The maximum atomic E-state index is 10.9. The second kappa shape index (κ2) is 5.04. The van der Waals surface area contributed by atoms with E-state index in [4.69, 9.17) is 0 Å². The van der Waals surface area contributed by atoms with Gasteiger partial charge in [0, 0.05) is 19.5 Å². The van der Waals surface area contributed by atoms with E-state index in [1.54, 1.807) is 18.5 Å². The molecule has 70 valence electrons. The highest BCUT2D eigenvalue weighted by Crippen LogP contribution is 1.89. The molecule has 0 radical (unpaired) electrons. The number of ether oxygens (including phenoxy) is 1. The van der Waals surface area contributed by atoms with Gasteiger partial charge >= 0.3 is 0 Å². The highest BCUT2D eigenvalue weighted by molar-refractivity contribution is 5.78. The third kappa shape index (κ3) is 3.48. The van der Waals surface area contributed by atoms with Gasteiger partial charge in [0.15, 0.2) is 0 Å². The number of rotatable bonds is 4. The average Bonchev–Trinajstić information content (AvgIpc) is 2.17. The molecule has 0 aliphatic rings. The van der Waals surface area contributed by atoms with Crippen LogP contribution in [0.2, 0.25) is 0 Å². The molecule has 0 atom stereocenters. The van der Waals surface area contributed by atoms with Crippen molar-refractivity contribution in [1.29, 1.82) is 0 Å². The third-order valence-electron chi connectivity index (χ3n) is 1.15. The minimum Gasteiger partial charge on any atom is -0.375 e. The summed E-state index contributed by atoms with van der Waals surface area (Å²) in [5.41, 5.74) is 4.89. The topological polar surface area (TPSA) is 76.1 Å². The maximum absolute atomic E-state index is 10.9. The Labute approximate surface area is 75.3 Å². The van der Waals surface area contributed by atoms with Crippen molar-refractivity contribution in [1.82, 2.24) is 15.4 Å². The number of methoxy groups -OCH3 is 1. The number of amides is 1. The standard InChI is InChI=1S/C7H10N4O2/c1-13-5-6(12)10-11-7-8-3-2-4-9-7/h2-4H,5H2,1H3,(H,10,12)(H,8,9,11). The summed E-state index contributed by atoms with van der Waals surface area (Å²) in [4.78, 5) is 18.5. The van der Waals surface area contributed by atoms with E-state index in [2.05, 4.69) is 25.6 Å². The number of aromatic nitrogens is 2. The van der Waals surface area contributed by atoms with Gasteiger partial charge in [0.05, 0.1) is 0 Å². The number of carbonyl (C=O) groups excluding carboxylic acids is 1. The van der Waals surface area contributed by atoms with E-state index < -0.39 is 0 Å². The molecular weight excluding hydrogens is 172 g/mol. The lowest BCUT2D eigenvalue weighted by Crippen LogP contribution is -2.32. The summed E-state index contributed by atoms with van der Waals surface area (Å²) < 4.78 is 4.60. The minimum absolute atomic E-state index is 0.000165. The summed E-state index contributed by atoms with van der Waals surface area (Å²) in [6, 6.07) is 1.68. The lowest BCUT2D eigenvalue weighted by Gasteiger charge is -2.04. The monoisotopic (exact) mass is 182 g/mol. The molecule has 1 heterocycles. The van der Waals surface area contributed by atoms with E-state index in [0.29, 0.717) is 5.95 Å². The number of nitrogens with one attached hydrogen (secondary N) is 2. The first-order valence-electron chi connectivity index (χ1n) is 3.63. The van der Waals surface area contributed by atoms with Gasteiger partial charge in [-0.05, 0) is 6.07 Å². The van der Waals surface area contributed by atoms with Crippen molar-refractivity contribution in [3.05, 3.63) is 18.5 Å². The van der Waals surface area contributed by atoms with Crippen LogP contribution in [0.25, 0.3) is 0 Å². The van der Waals surface area contributed by atoms with E-state index in [1.165, 1.54) is 7.11 Å². The molecule has 1 aromatic heterocycles. The first-order valence-corrected chi connectivity index (χ1v) is 3.63. The maximum Gasteiger partial charge on any atom is 0.264 e. The number of hydrogen-bond acceptors (Lipinski definition) is 5. The van der Waals surface area contributed by atoms with Crippen molar-refractivity contribution in [3.63, 3.8) is 0 Å². The van der Waals surface area contributed by atoms with Crippen LogP contribution in [0.15, 0.2) is 18.5 Å². The highest BCUT2D eigenvalue weighted by atomic mass is 16.5. The van der Waals surface area contributed by atoms with E-state index in [9.17, 15) is 4.79 Å². The first kappa shape index (κ1) is 9.40. The largest absolute Gasteiger partial charge is 0.375 e. The summed E-state index contributed by atoms with van der Waals surface area (Å²) in [6.45, 7) is -0.000165. The van der Waals surface area contributed by atoms with Gasteiger partial charge in [0.25, 0.3) is 5.91 Å². The van der Waals surface area contributed by atoms with Crippen molar-refractivity contribution >= 4 is 11.9 Å². The van der Waals surface area contributed by atoms with E-state index in [0.717, 1.165) is 0 Å². The fraction of sp³-hybridized carbons (Fsp3) is 0.286. The molecule has 0 aromatic carbocycles. The predicted octanol–water partition coefficient (Wildman–Crippen LogP) is -0.434. The molecule has 6 heteroatoms. The molecule has 1 rings (SSSR count). The molecule has 0 spiro atoms. The summed E-state index contributed by atoms with van der Waals surface area (Å²) in [5, 5.41) is 0. The van der Waals surface area contributed by atoms with Crippen LogP contribution >= 0.6 is 0 Å². The molecule has 6 nitrogen and oxygen atoms in total. The van der Waals surface area contributed by atoms with Crippen LogP contribution in [0.5, 0.6) is 0 Å². The van der Waals surface area contributed by atoms with Gasteiger partial charge < -0.3 is 4.74 Å². The van der Waals surface area contributed by atoms with E-state index >= 15 is 0 Å². The van der Waals surface area contributed by atoms with Gasteiger partial charge in [0.1, 0.15) is 6.61 Å². The van der Waals surface area contributed by atoms with Crippen LogP contribution in [-0.4, -0.2) is 29.6 Å². The average molecular weight is 182 g/mol. The number of hydrogen-bond donors (Lipinski definition) is 2. The van der Waals surface area contributed by atoms with Gasteiger partial charge in [-0.15, -0.1) is 0 Å². The molecular formula is C7H10N4O2. The van der Waals surface area contributed by atoms with Crippen LogP contribution < -0.4 is 10.9 Å². The predicted molar refractivity (Wildman–Crippen MR) is 45.7 cm³/mol. The molecule has 0 bridgehead atoms. The molecule has 0 fully saturated rings. The number of nitrogens with zero attached hydrogens (tertiary/aromatic N) is 2. The van der Waals surface area contributed by atoms with Gasteiger partial charge in [-0.1, -0.05) is 0 Å². The zero-order valence-electron chi connectivity index (χ0n) is 7.15. The van der Waals surface area contributed by atoms with Crippen molar-refractivity contribution < 1.29 is 9.53 Å². The summed E-state index contributed by atoms with van der Waals surface area (Å²) >= 11 is 0. The minimum atomic E-state index is -0.282. The Morgan fingerprint density at radius 1 is 1.54 bits per heavy atom. The van der Waals surface area contributed by atoms with E-state index in [1.807, 2.05) is 0 Å². The van der Waals surface area contributed by atoms with Gasteiger partial charge in [0.2, 0.25) is 5.95 Å². The second-order valence-corrected chi connectivity index (χ2v) is 2.18. The van der Waals surface area contributed by atoms with Crippen LogP contribution in [0.3, 0.4) is 0 Å². The van der Waals surface area contributed by atoms with Crippen molar-refractivity contribution in [3.8, 4) is 0 Å². The van der Waals surface area contributed by atoms with Crippen molar-refractivity contribution in [2.45, 2.75) is 0 Å². The Kier molecular flexibility index (Phi) is 3.65.